The quantitative estimate of drug-likeness (QED) is 0.302. The highest BCUT2D eigenvalue weighted by Crippen LogP contribution is 2.16. The predicted molar refractivity (Wildman–Crippen MR) is 141 cm³/mol. The van der Waals surface area contributed by atoms with Crippen molar-refractivity contribution in [1.29, 1.82) is 0 Å². The number of benzene rings is 2. The molecular formula is C28H40N4O4. The van der Waals surface area contributed by atoms with E-state index in [1.807, 2.05) is 75.4 Å². The lowest BCUT2D eigenvalue weighted by Crippen LogP contribution is -2.51. The van der Waals surface area contributed by atoms with Crippen LogP contribution in [-0.4, -0.2) is 42.4 Å². The summed E-state index contributed by atoms with van der Waals surface area (Å²) in [5.74, 6) is -0.679. The molecule has 0 aliphatic rings. The molecule has 3 unspecified atom stereocenters. The van der Waals surface area contributed by atoms with Crippen LogP contribution in [0.3, 0.4) is 0 Å². The number of nitrogens with two attached hydrogens (primary N) is 1. The summed E-state index contributed by atoms with van der Waals surface area (Å²) in [7, 11) is 0. The molecule has 0 aliphatic carbocycles. The van der Waals surface area contributed by atoms with E-state index < -0.39 is 17.9 Å². The van der Waals surface area contributed by atoms with Gasteiger partial charge in [-0.3, -0.25) is 14.4 Å². The Morgan fingerprint density at radius 2 is 1.58 bits per heavy atom. The summed E-state index contributed by atoms with van der Waals surface area (Å²) in [6.45, 7) is 8.67. The smallest absolute Gasteiger partial charge is 0.242 e. The fourth-order valence-corrected chi connectivity index (χ4v) is 3.67. The van der Waals surface area contributed by atoms with Crippen molar-refractivity contribution < 1.29 is 19.1 Å². The van der Waals surface area contributed by atoms with Gasteiger partial charge in [-0.05, 0) is 36.6 Å². The zero-order valence-electron chi connectivity index (χ0n) is 21.8. The van der Waals surface area contributed by atoms with Crippen molar-refractivity contribution in [2.24, 2.45) is 11.7 Å². The second-order valence-corrected chi connectivity index (χ2v) is 9.55. The summed E-state index contributed by atoms with van der Waals surface area (Å²) in [4.78, 5) is 36.8. The maximum absolute atomic E-state index is 13.0. The minimum absolute atomic E-state index is 0.0859. The number of carbonyl (C=O) groups excluding carboxylic acids is 3. The van der Waals surface area contributed by atoms with E-state index >= 15 is 0 Å². The average Bonchev–Trinajstić information content (AvgIpc) is 2.85. The number of primary amides is 1. The Balaban J connectivity index is 2.00. The number of carbonyl (C=O) groups is 3. The Bertz CT molecular complexity index is 963. The molecule has 0 saturated heterocycles. The average molecular weight is 497 g/mol. The van der Waals surface area contributed by atoms with Crippen molar-refractivity contribution in [3.63, 3.8) is 0 Å². The van der Waals surface area contributed by atoms with Crippen LogP contribution in [0.5, 0.6) is 5.75 Å². The molecule has 0 aliphatic heterocycles. The van der Waals surface area contributed by atoms with Crippen molar-refractivity contribution in [3.05, 3.63) is 65.7 Å². The summed E-state index contributed by atoms with van der Waals surface area (Å²) >= 11 is 0. The van der Waals surface area contributed by atoms with Crippen LogP contribution in [0.1, 0.15) is 51.7 Å². The second kappa shape index (κ2) is 14.9. The molecule has 8 heteroatoms. The zero-order valence-corrected chi connectivity index (χ0v) is 21.8. The maximum Gasteiger partial charge on any atom is 0.242 e. The van der Waals surface area contributed by atoms with E-state index in [1.165, 1.54) is 0 Å². The first-order chi connectivity index (χ1) is 17.1. The van der Waals surface area contributed by atoms with Crippen LogP contribution in [0, 0.1) is 5.92 Å². The lowest BCUT2D eigenvalue weighted by atomic mass is 10.0. The second-order valence-electron chi connectivity index (χ2n) is 9.55. The molecule has 2 aromatic rings. The molecule has 0 fully saturated rings. The zero-order chi connectivity index (χ0) is 26.5. The van der Waals surface area contributed by atoms with Gasteiger partial charge in [0.05, 0.1) is 0 Å². The first-order valence-electron chi connectivity index (χ1n) is 12.5. The van der Waals surface area contributed by atoms with E-state index in [9.17, 15) is 14.4 Å². The van der Waals surface area contributed by atoms with Crippen LogP contribution in [0.4, 0.5) is 0 Å². The van der Waals surface area contributed by atoms with Crippen LogP contribution in [-0.2, 0) is 27.4 Å². The lowest BCUT2D eigenvalue weighted by Gasteiger charge is -2.22. The number of hydrogen-bond acceptors (Lipinski definition) is 5. The molecule has 0 bridgehead atoms. The van der Waals surface area contributed by atoms with Gasteiger partial charge < -0.3 is 26.4 Å². The van der Waals surface area contributed by atoms with Gasteiger partial charge in [-0.1, -0.05) is 63.2 Å². The standard InChI is InChI=1S/C28H40N4O4/c1-19(2)31-21(4)17-30-28(35)25(32-26(33)15-10-20(3)27(29)34)16-22-11-13-24(14-12-22)36-18-23-8-6-5-7-9-23/h5-9,11-14,19-21,25,31H,10,15-18H2,1-4H3,(H2,29,34)(H,30,35)(H,32,33). The van der Waals surface area contributed by atoms with E-state index in [2.05, 4.69) is 16.0 Å². The van der Waals surface area contributed by atoms with Crippen LogP contribution in [0.15, 0.2) is 54.6 Å². The van der Waals surface area contributed by atoms with Crippen LogP contribution in [0.25, 0.3) is 0 Å². The van der Waals surface area contributed by atoms with Gasteiger partial charge in [-0.25, -0.2) is 0 Å². The largest absolute Gasteiger partial charge is 0.489 e. The van der Waals surface area contributed by atoms with E-state index in [1.54, 1.807) is 6.92 Å². The maximum atomic E-state index is 13.0. The van der Waals surface area contributed by atoms with E-state index in [-0.39, 0.29) is 24.3 Å². The summed E-state index contributed by atoms with van der Waals surface area (Å²) in [6.07, 6.45) is 0.775. The predicted octanol–water partition coefficient (Wildman–Crippen LogP) is 2.70. The molecule has 0 radical (unpaired) electrons. The normalized spacial score (nSPS) is 13.5. The van der Waals surface area contributed by atoms with Gasteiger partial charge in [0.25, 0.3) is 0 Å². The van der Waals surface area contributed by atoms with Gasteiger partial charge in [0, 0.05) is 37.4 Å². The highest BCUT2D eigenvalue weighted by atomic mass is 16.5. The van der Waals surface area contributed by atoms with E-state index in [4.69, 9.17) is 10.5 Å². The van der Waals surface area contributed by atoms with Gasteiger partial charge >= 0.3 is 0 Å². The van der Waals surface area contributed by atoms with Gasteiger partial charge in [0.1, 0.15) is 18.4 Å². The Labute approximate surface area is 214 Å². The third-order valence-corrected chi connectivity index (χ3v) is 5.75. The first kappa shape index (κ1) is 28.8. The summed E-state index contributed by atoms with van der Waals surface area (Å²) in [5.41, 5.74) is 7.26. The van der Waals surface area contributed by atoms with Crippen LogP contribution >= 0.6 is 0 Å². The molecule has 3 atom stereocenters. The molecule has 0 saturated carbocycles. The minimum atomic E-state index is -0.747. The topological polar surface area (TPSA) is 123 Å². The van der Waals surface area contributed by atoms with Gasteiger partial charge in [0.2, 0.25) is 17.7 Å². The molecule has 196 valence electrons. The van der Waals surface area contributed by atoms with Crippen molar-refractivity contribution >= 4 is 17.7 Å². The molecule has 2 rings (SSSR count). The number of nitrogens with one attached hydrogen (secondary N) is 3. The Hall–Kier alpha value is -3.39. The number of amides is 3. The van der Waals surface area contributed by atoms with Crippen molar-refractivity contribution in [2.45, 2.75) is 71.7 Å². The van der Waals surface area contributed by atoms with Crippen molar-refractivity contribution in [1.82, 2.24) is 16.0 Å². The van der Waals surface area contributed by atoms with E-state index in [0.717, 1.165) is 16.9 Å². The first-order valence-corrected chi connectivity index (χ1v) is 12.5. The highest BCUT2D eigenvalue weighted by Gasteiger charge is 2.22. The van der Waals surface area contributed by atoms with Crippen LogP contribution in [0.2, 0.25) is 0 Å². The summed E-state index contributed by atoms with van der Waals surface area (Å²) < 4.78 is 5.84. The van der Waals surface area contributed by atoms with Gasteiger partial charge in [0.15, 0.2) is 0 Å². The monoisotopic (exact) mass is 496 g/mol. The molecule has 8 nitrogen and oxygen atoms in total. The molecular weight excluding hydrogens is 456 g/mol. The Morgan fingerprint density at radius 1 is 0.917 bits per heavy atom. The Kier molecular flexibility index (Phi) is 11.9. The fourth-order valence-electron chi connectivity index (χ4n) is 3.67. The van der Waals surface area contributed by atoms with Crippen LogP contribution < -0.4 is 26.4 Å². The molecule has 0 heterocycles. The molecule has 3 amide bonds. The number of rotatable bonds is 15. The number of hydrogen-bond donors (Lipinski definition) is 4. The number of ether oxygens (including phenoxy) is 1. The third kappa shape index (κ3) is 10.9. The van der Waals surface area contributed by atoms with Gasteiger partial charge in [-0.15, -0.1) is 0 Å². The fraction of sp³-hybridized carbons (Fsp3) is 0.464. The van der Waals surface area contributed by atoms with Gasteiger partial charge in [-0.2, -0.15) is 0 Å². The molecule has 0 spiro atoms. The highest BCUT2D eigenvalue weighted by molar-refractivity contribution is 5.88. The molecule has 5 N–H and O–H groups in total. The molecule has 36 heavy (non-hydrogen) atoms. The third-order valence-electron chi connectivity index (χ3n) is 5.75. The molecule has 2 aromatic carbocycles. The van der Waals surface area contributed by atoms with Crippen molar-refractivity contribution in [2.75, 3.05) is 6.54 Å². The van der Waals surface area contributed by atoms with E-state index in [0.29, 0.717) is 32.0 Å². The summed E-state index contributed by atoms with van der Waals surface area (Å²) in [5, 5.41) is 9.10. The SMILES string of the molecule is CC(C)NC(C)CNC(=O)C(Cc1ccc(OCc2ccccc2)cc1)NC(=O)CCC(C)C(N)=O. The molecule has 0 aromatic heterocycles. The Morgan fingerprint density at radius 3 is 2.19 bits per heavy atom. The summed E-state index contributed by atoms with van der Waals surface area (Å²) in [6, 6.07) is 17.0. The minimum Gasteiger partial charge on any atom is -0.489 e. The van der Waals surface area contributed by atoms with Crippen molar-refractivity contribution in [3.8, 4) is 5.75 Å². The lowest BCUT2D eigenvalue weighted by molar-refractivity contribution is -0.129.